The highest BCUT2D eigenvalue weighted by atomic mass is 16.5. The zero-order valence-corrected chi connectivity index (χ0v) is 14.5. The summed E-state index contributed by atoms with van der Waals surface area (Å²) in [6.45, 7) is 7.36. The Morgan fingerprint density at radius 2 is 1.82 bits per heavy atom. The minimum Gasteiger partial charge on any atom is -0.385 e. The van der Waals surface area contributed by atoms with E-state index in [2.05, 4.69) is 17.6 Å². The van der Waals surface area contributed by atoms with Crippen LogP contribution < -0.4 is 10.6 Å². The van der Waals surface area contributed by atoms with Crippen LogP contribution in [0.1, 0.15) is 52.9 Å². The van der Waals surface area contributed by atoms with E-state index in [1.54, 1.807) is 7.11 Å². The van der Waals surface area contributed by atoms with Crippen molar-refractivity contribution in [2.45, 2.75) is 58.9 Å². The van der Waals surface area contributed by atoms with E-state index in [4.69, 9.17) is 4.74 Å². The van der Waals surface area contributed by atoms with E-state index in [-0.39, 0.29) is 23.7 Å². The average Bonchev–Trinajstić information content (AvgIpc) is 2.49. The van der Waals surface area contributed by atoms with Gasteiger partial charge in [0.1, 0.15) is 6.04 Å². The molecular weight excluding hydrogens is 280 g/mol. The molecule has 0 aromatic rings. The first kappa shape index (κ1) is 18.9. The molecule has 128 valence electrons. The molecule has 2 amide bonds. The summed E-state index contributed by atoms with van der Waals surface area (Å²) in [5.74, 6) is 0.808. The van der Waals surface area contributed by atoms with Gasteiger partial charge in [-0.25, -0.2) is 0 Å². The summed E-state index contributed by atoms with van der Waals surface area (Å²) in [5, 5.41) is 5.84. The third-order valence-corrected chi connectivity index (χ3v) is 4.46. The van der Waals surface area contributed by atoms with E-state index in [0.29, 0.717) is 19.1 Å². The quantitative estimate of drug-likeness (QED) is 0.675. The monoisotopic (exact) mass is 312 g/mol. The Morgan fingerprint density at radius 1 is 1.18 bits per heavy atom. The van der Waals surface area contributed by atoms with Gasteiger partial charge in [-0.3, -0.25) is 9.59 Å². The van der Waals surface area contributed by atoms with Crippen molar-refractivity contribution in [3.63, 3.8) is 0 Å². The van der Waals surface area contributed by atoms with Gasteiger partial charge >= 0.3 is 0 Å². The Bertz CT molecular complexity index is 350. The molecule has 1 fully saturated rings. The fourth-order valence-electron chi connectivity index (χ4n) is 2.87. The second-order valence-corrected chi connectivity index (χ2v) is 6.82. The Morgan fingerprint density at radius 3 is 2.36 bits per heavy atom. The van der Waals surface area contributed by atoms with Gasteiger partial charge in [-0.05, 0) is 43.9 Å². The van der Waals surface area contributed by atoms with Crippen LogP contribution in [-0.2, 0) is 14.3 Å². The van der Waals surface area contributed by atoms with Gasteiger partial charge in [-0.15, -0.1) is 0 Å². The van der Waals surface area contributed by atoms with Crippen LogP contribution in [0.2, 0.25) is 0 Å². The van der Waals surface area contributed by atoms with E-state index < -0.39 is 6.04 Å². The predicted molar refractivity (Wildman–Crippen MR) is 87.4 cm³/mol. The van der Waals surface area contributed by atoms with E-state index in [1.807, 2.05) is 13.8 Å². The van der Waals surface area contributed by atoms with Gasteiger partial charge in [-0.2, -0.15) is 0 Å². The molecule has 5 nitrogen and oxygen atoms in total. The van der Waals surface area contributed by atoms with Gasteiger partial charge < -0.3 is 15.4 Å². The average molecular weight is 312 g/mol. The second-order valence-electron chi connectivity index (χ2n) is 6.82. The molecule has 0 radical (unpaired) electrons. The number of methoxy groups -OCH3 is 1. The number of carbonyl (C=O) groups is 2. The summed E-state index contributed by atoms with van der Waals surface area (Å²) in [5.41, 5.74) is 0. The maximum absolute atomic E-state index is 12.4. The highest BCUT2D eigenvalue weighted by Crippen LogP contribution is 2.28. The molecule has 5 heteroatoms. The molecule has 1 atom stereocenters. The van der Waals surface area contributed by atoms with E-state index >= 15 is 0 Å². The minimum absolute atomic E-state index is 0.0395. The maximum atomic E-state index is 12.4. The molecule has 22 heavy (non-hydrogen) atoms. The first-order valence-corrected chi connectivity index (χ1v) is 8.52. The van der Waals surface area contributed by atoms with Gasteiger partial charge in [0.25, 0.3) is 0 Å². The molecule has 1 saturated carbocycles. The lowest BCUT2D eigenvalue weighted by Crippen LogP contribution is -2.51. The summed E-state index contributed by atoms with van der Waals surface area (Å²) >= 11 is 0. The fraction of sp³-hybridized carbons (Fsp3) is 0.882. The largest absolute Gasteiger partial charge is 0.385 e. The maximum Gasteiger partial charge on any atom is 0.242 e. The molecule has 0 bridgehead atoms. The summed E-state index contributed by atoms with van der Waals surface area (Å²) in [7, 11) is 1.64. The molecule has 2 N–H and O–H groups in total. The Balaban J connectivity index is 2.45. The molecule has 0 aromatic heterocycles. The number of ether oxygens (including phenoxy) is 1. The van der Waals surface area contributed by atoms with Crippen LogP contribution in [-0.4, -0.2) is 38.1 Å². The Hall–Kier alpha value is -1.10. The molecule has 1 aliphatic carbocycles. The number of amides is 2. The zero-order valence-electron chi connectivity index (χ0n) is 14.5. The van der Waals surface area contributed by atoms with Crippen LogP contribution in [0.25, 0.3) is 0 Å². The molecule has 0 aliphatic heterocycles. The van der Waals surface area contributed by atoms with E-state index in [9.17, 15) is 9.59 Å². The highest BCUT2D eigenvalue weighted by Gasteiger charge is 2.29. The number of carbonyl (C=O) groups excluding carboxylic acids is 2. The molecule has 0 heterocycles. The van der Waals surface area contributed by atoms with Crippen LogP contribution in [0.5, 0.6) is 0 Å². The van der Waals surface area contributed by atoms with E-state index in [0.717, 1.165) is 32.1 Å². The molecule has 0 spiro atoms. The summed E-state index contributed by atoms with van der Waals surface area (Å²) in [6, 6.07) is -0.450. The van der Waals surface area contributed by atoms with Gasteiger partial charge in [0.2, 0.25) is 11.8 Å². The second kappa shape index (κ2) is 9.82. The van der Waals surface area contributed by atoms with Crippen molar-refractivity contribution < 1.29 is 14.3 Å². The number of hydrogen-bond acceptors (Lipinski definition) is 3. The zero-order chi connectivity index (χ0) is 16.5. The normalized spacial score (nSPS) is 23.1. The SMILES string of the molecule is COCCCNC(=O)C(NC(=O)C1CCC(C)CC1)C(C)C. The number of rotatable bonds is 8. The van der Waals surface area contributed by atoms with E-state index in [1.165, 1.54) is 0 Å². The van der Waals surface area contributed by atoms with Gasteiger partial charge in [-0.1, -0.05) is 20.8 Å². The lowest BCUT2D eigenvalue weighted by molar-refractivity contribution is -0.132. The van der Waals surface area contributed by atoms with Crippen LogP contribution in [0, 0.1) is 17.8 Å². The van der Waals surface area contributed by atoms with Crippen molar-refractivity contribution in [3.05, 3.63) is 0 Å². The van der Waals surface area contributed by atoms with Crippen LogP contribution >= 0.6 is 0 Å². The van der Waals surface area contributed by atoms with Crippen molar-refractivity contribution in [1.82, 2.24) is 10.6 Å². The standard InChI is InChI=1S/C17H32N2O3/c1-12(2)15(17(21)18-10-5-11-22-4)19-16(20)14-8-6-13(3)7-9-14/h12-15H,5-11H2,1-4H3,(H,18,21)(H,19,20). The molecule has 0 saturated heterocycles. The van der Waals surface area contributed by atoms with Crippen LogP contribution in [0.3, 0.4) is 0 Å². The fourth-order valence-corrected chi connectivity index (χ4v) is 2.87. The van der Waals surface area contributed by atoms with Gasteiger partial charge in [0, 0.05) is 26.2 Å². The molecule has 1 unspecified atom stereocenters. The van der Waals surface area contributed by atoms with Crippen molar-refractivity contribution in [3.8, 4) is 0 Å². The smallest absolute Gasteiger partial charge is 0.242 e. The van der Waals surface area contributed by atoms with Crippen molar-refractivity contribution in [2.24, 2.45) is 17.8 Å². The molecule has 0 aromatic carbocycles. The molecule has 1 aliphatic rings. The van der Waals surface area contributed by atoms with Crippen molar-refractivity contribution in [2.75, 3.05) is 20.3 Å². The van der Waals surface area contributed by atoms with Crippen LogP contribution in [0.4, 0.5) is 0 Å². The highest BCUT2D eigenvalue weighted by molar-refractivity contribution is 5.88. The lowest BCUT2D eigenvalue weighted by atomic mass is 9.82. The Kier molecular flexibility index (Phi) is 8.46. The topological polar surface area (TPSA) is 67.4 Å². The third kappa shape index (κ3) is 6.34. The summed E-state index contributed by atoms with van der Waals surface area (Å²) in [6.07, 6.45) is 4.86. The predicted octanol–water partition coefficient (Wildman–Crippen LogP) is 2.11. The first-order chi connectivity index (χ1) is 10.5. The third-order valence-electron chi connectivity index (χ3n) is 4.46. The summed E-state index contributed by atoms with van der Waals surface area (Å²) < 4.78 is 4.96. The number of hydrogen-bond donors (Lipinski definition) is 2. The van der Waals surface area contributed by atoms with Gasteiger partial charge in [0.15, 0.2) is 0 Å². The summed E-state index contributed by atoms with van der Waals surface area (Å²) in [4.78, 5) is 24.6. The number of nitrogens with one attached hydrogen (secondary N) is 2. The Labute approximate surface area is 134 Å². The molecular formula is C17H32N2O3. The van der Waals surface area contributed by atoms with Crippen molar-refractivity contribution in [1.29, 1.82) is 0 Å². The first-order valence-electron chi connectivity index (χ1n) is 8.52. The van der Waals surface area contributed by atoms with Crippen LogP contribution in [0.15, 0.2) is 0 Å². The molecule has 1 rings (SSSR count). The lowest BCUT2D eigenvalue weighted by Gasteiger charge is -2.28. The van der Waals surface area contributed by atoms with Crippen molar-refractivity contribution >= 4 is 11.8 Å². The minimum atomic E-state index is -0.450. The van der Waals surface area contributed by atoms with Gasteiger partial charge in [0.05, 0.1) is 0 Å².